The molecule has 2 N–H and O–H groups in total. The molecule has 0 bridgehead atoms. The smallest absolute Gasteiger partial charge is 0.419 e. The van der Waals surface area contributed by atoms with Gasteiger partial charge in [-0.15, -0.1) is 0 Å². The maximum atomic E-state index is 12.5. The molecule has 1 heterocycles. The highest BCUT2D eigenvalue weighted by molar-refractivity contribution is 5.44. The molecule has 1 saturated heterocycles. The number of para-hydroxylation sites is 1. The first kappa shape index (κ1) is 11.3. The van der Waals surface area contributed by atoms with Crippen LogP contribution >= 0.6 is 0 Å². The number of hydrogen-bond donors (Lipinski definition) is 2. The van der Waals surface area contributed by atoms with Crippen molar-refractivity contribution in [3.8, 4) is 5.75 Å². The van der Waals surface area contributed by atoms with Crippen molar-refractivity contribution in [1.29, 1.82) is 0 Å². The molecule has 0 saturated carbocycles. The summed E-state index contributed by atoms with van der Waals surface area (Å²) in [7, 11) is 0. The Labute approximate surface area is 91.1 Å². The fourth-order valence-corrected chi connectivity index (χ4v) is 2.04. The highest BCUT2D eigenvalue weighted by Crippen LogP contribution is 2.40. The van der Waals surface area contributed by atoms with Crippen LogP contribution in [0.3, 0.4) is 0 Å². The topological polar surface area (TPSA) is 32.3 Å². The average molecular weight is 231 g/mol. The van der Waals surface area contributed by atoms with Crippen LogP contribution in [0.4, 0.5) is 13.2 Å². The number of halogens is 3. The summed E-state index contributed by atoms with van der Waals surface area (Å²) in [6.07, 6.45) is -3.74. The molecule has 1 unspecified atom stereocenters. The average Bonchev–Trinajstić information content (AvgIpc) is 2.69. The van der Waals surface area contributed by atoms with Gasteiger partial charge >= 0.3 is 6.18 Å². The van der Waals surface area contributed by atoms with Crippen molar-refractivity contribution in [2.75, 3.05) is 13.1 Å². The van der Waals surface area contributed by atoms with Crippen molar-refractivity contribution in [1.82, 2.24) is 5.32 Å². The molecule has 0 spiro atoms. The Morgan fingerprint density at radius 3 is 2.62 bits per heavy atom. The summed E-state index contributed by atoms with van der Waals surface area (Å²) in [4.78, 5) is 0. The van der Waals surface area contributed by atoms with E-state index in [1.165, 1.54) is 6.07 Å². The van der Waals surface area contributed by atoms with E-state index in [1.807, 2.05) is 0 Å². The first-order valence-corrected chi connectivity index (χ1v) is 5.10. The van der Waals surface area contributed by atoms with E-state index in [9.17, 15) is 18.3 Å². The van der Waals surface area contributed by atoms with Crippen molar-refractivity contribution < 1.29 is 18.3 Å². The van der Waals surface area contributed by atoms with Gasteiger partial charge in [-0.3, -0.25) is 0 Å². The Bertz CT molecular complexity index is 383. The number of nitrogens with one attached hydrogen (secondary N) is 1. The van der Waals surface area contributed by atoms with Gasteiger partial charge in [-0.25, -0.2) is 0 Å². The third-order valence-corrected chi connectivity index (χ3v) is 2.87. The number of benzene rings is 1. The summed E-state index contributed by atoms with van der Waals surface area (Å²) in [5.74, 6) is -0.647. The van der Waals surface area contributed by atoms with Gasteiger partial charge in [0.2, 0.25) is 0 Å². The van der Waals surface area contributed by atoms with Crippen LogP contribution in [0.1, 0.15) is 23.5 Å². The molecule has 0 amide bonds. The predicted octanol–water partition coefficient (Wildman–Crippen LogP) is 2.49. The standard InChI is InChI=1S/C11H12F3NO/c12-11(13,14)9-3-1-2-8(10(9)16)7-4-5-15-6-7/h1-3,7,15-16H,4-6H2. The summed E-state index contributed by atoms with van der Waals surface area (Å²) in [6.45, 7) is 1.40. The minimum Gasteiger partial charge on any atom is -0.507 e. The van der Waals surface area contributed by atoms with E-state index in [-0.39, 0.29) is 5.92 Å². The molecule has 1 fully saturated rings. The second-order valence-corrected chi connectivity index (χ2v) is 3.93. The Morgan fingerprint density at radius 1 is 1.31 bits per heavy atom. The largest absolute Gasteiger partial charge is 0.507 e. The number of aromatic hydroxyl groups is 1. The van der Waals surface area contributed by atoms with Gasteiger partial charge in [0.15, 0.2) is 0 Å². The van der Waals surface area contributed by atoms with Crippen LogP contribution in [0.25, 0.3) is 0 Å². The number of phenols is 1. The number of alkyl halides is 3. The molecule has 16 heavy (non-hydrogen) atoms. The maximum Gasteiger partial charge on any atom is 0.419 e. The predicted molar refractivity (Wildman–Crippen MR) is 53.3 cm³/mol. The van der Waals surface area contributed by atoms with Gasteiger partial charge in [-0.1, -0.05) is 12.1 Å². The van der Waals surface area contributed by atoms with Crippen molar-refractivity contribution in [3.63, 3.8) is 0 Å². The molecule has 5 heteroatoms. The van der Waals surface area contributed by atoms with E-state index in [4.69, 9.17) is 0 Å². The third-order valence-electron chi connectivity index (χ3n) is 2.87. The molecule has 1 atom stereocenters. The molecule has 0 aromatic heterocycles. The molecule has 0 aliphatic carbocycles. The van der Waals surface area contributed by atoms with E-state index < -0.39 is 17.5 Å². The van der Waals surface area contributed by atoms with Crippen molar-refractivity contribution >= 4 is 0 Å². The zero-order valence-electron chi connectivity index (χ0n) is 8.51. The lowest BCUT2D eigenvalue weighted by Crippen LogP contribution is -2.10. The minimum absolute atomic E-state index is 0.0256. The quantitative estimate of drug-likeness (QED) is 0.778. The monoisotopic (exact) mass is 231 g/mol. The fraction of sp³-hybridized carbons (Fsp3) is 0.455. The number of phenolic OH excluding ortho intramolecular Hbond substituents is 1. The first-order valence-electron chi connectivity index (χ1n) is 5.10. The molecular formula is C11H12F3NO. The molecule has 1 aromatic rings. The lowest BCUT2D eigenvalue weighted by atomic mass is 9.95. The summed E-state index contributed by atoms with van der Waals surface area (Å²) < 4.78 is 37.6. The highest BCUT2D eigenvalue weighted by Gasteiger charge is 2.35. The van der Waals surface area contributed by atoms with E-state index in [2.05, 4.69) is 5.32 Å². The van der Waals surface area contributed by atoms with Gasteiger partial charge in [0.25, 0.3) is 0 Å². The molecule has 2 nitrogen and oxygen atoms in total. The summed E-state index contributed by atoms with van der Waals surface area (Å²) in [6, 6.07) is 3.81. The molecule has 1 aliphatic heterocycles. The van der Waals surface area contributed by atoms with Crippen LogP contribution in [0.2, 0.25) is 0 Å². The lowest BCUT2D eigenvalue weighted by Gasteiger charge is -2.15. The second-order valence-electron chi connectivity index (χ2n) is 3.93. The molecule has 88 valence electrons. The number of rotatable bonds is 1. The van der Waals surface area contributed by atoms with Crippen molar-refractivity contribution in [2.24, 2.45) is 0 Å². The zero-order valence-corrected chi connectivity index (χ0v) is 8.51. The molecule has 0 radical (unpaired) electrons. The van der Waals surface area contributed by atoms with Crippen molar-refractivity contribution in [3.05, 3.63) is 29.3 Å². The SMILES string of the molecule is Oc1c(C2CCNC2)cccc1C(F)(F)F. The highest BCUT2D eigenvalue weighted by atomic mass is 19.4. The van der Waals surface area contributed by atoms with E-state index in [1.54, 1.807) is 6.07 Å². The van der Waals surface area contributed by atoms with Crippen LogP contribution in [0, 0.1) is 0 Å². The second kappa shape index (κ2) is 3.97. The molecule has 2 rings (SSSR count). The summed E-state index contributed by atoms with van der Waals surface area (Å²) in [5, 5.41) is 12.7. The van der Waals surface area contributed by atoms with E-state index in [0.717, 1.165) is 19.0 Å². The lowest BCUT2D eigenvalue weighted by molar-refractivity contribution is -0.138. The minimum atomic E-state index is -4.49. The van der Waals surface area contributed by atoms with E-state index in [0.29, 0.717) is 12.1 Å². The Balaban J connectivity index is 2.40. The van der Waals surface area contributed by atoms with E-state index >= 15 is 0 Å². The van der Waals surface area contributed by atoms with Gasteiger partial charge in [0.05, 0.1) is 5.56 Å². The Kier molecular flexibility index (Phi) is 2.80. The van der Waals surface area contributed by atoms with Crippen LogP contribution in [-0.2, 0) is 6.18 Å². The Morgan fingerprint density at radius 2 is 2.06 bits per heavy atom. The van der Waals surface area contributed by atoms with Gasteiger partial charge < -0.3 is 10.4 Å². The van der Waals surface area contributed by atoms with Crippen LogP contribution in [0.5, 0.6) is 5.75 Å². The maximum absolute atomic E-state index is 12.5. The molecule has 1 aromatic carbocycles. The Hall–Kier alpha value is -1.23. The molecule has 1 aliphatic rings. The summed E-state index contributed by atoms with van der Waals surface area (Å²) in [5.41, 5.74) is -0.559. The van der Waals surface area contributed by atoms with Gasteiger partial charge in [0.1, 0.15) is 5.75 Å². The summed E-state index contributed by atoms with van der Waals surface area (Å²) >= 11 is 0. The normalized spacial score (nSPS) is 21.3. The van der Waals surface area contributed by atoms with Crippen LogP contribution < -0.4 is 5.32 Å². The van der Waals surface area contributed by atoms with Crippen molar-refractivity contribution in [2.45, 2.75) is 18.5 Å². The van der Waals surface area contributed by atoms with Crippen LogP contribution in [-0.4, -0.2) is 18.2 Å². The third kappa shape index (κ3) is 2.00. The number of hydrogen-bond acceptors (Lipinski definition) is 2. The van der Waals surface area contributed by atoms with Crippen LogP contribution in [0.15, 0.2) is 18.2 Å². The molecular weight excluding hydrogens is 219 g/mol. The van der Waals surface area contributed by atoms with Gasteiger partial charge in [-0.05, 0) is 24.6 Å². The first-order chi connectivity index (χ1) is 7.50. The van der Waals surface area contributed by atoms with Gasteiger partial charge in [0, 0.05) is 12.5 Å². The fourth-order valence-electron chi connectivity index (χ4n) is 2.04. The zero-order chi connectivity index (χ0) is 11.8. The van der Waals surface area contributed by atoms with Gasteiger partial charge in [-0.2, -0.15) is 13.2 Å².